The van der Waals surface area contributed by atoms with E-state index in [2.05, 4.69) is 10.4 Å². The number of amides is 1. The first kappa shape index (κ1) is 24.1. The van der Waals surface area contributed by atoms with E-state index in [0.29, 0.717) is 28.6 Å². The minimum absolute atomic E-state index is 0.0144. The van der Waals surface area contributed by atoms with Crippen molar-refractivity contribution in [2.45, 2.75) is 26.4 Å². The molecule has 0 saturated carbocycles. The van der Waals surface area contributed by atoms with Gasteiger partial charge >= 0.3 is 0 Å². The zero-order valence-corrected chi connectivity index (χ0v) is 19.1. The molecule has 1 unspecified atom stereocenters. The third-order valence-electron chi connectivity index (χ3n) is 5.19. The number of carbonyl (C=O) groups is 1. The lowest BCUT2D eigenvalue weighted by Crippen LogP contribution is -2.36. The minimum Gasteiger partial charge on any atom is -0.493 e. The Morgan fingerprint density at radius 3 is 2.36 bits per heavy atom. The molecule has 1 amide bonds. The van der Waals surface area contributed by atoms with Gasteiger partial charge in [0.25, 0.3) is 0 Å². The fourth-order valence-electron chi connectivity index (χ4n) is 3.42. The van der Waals surface area contributed by atoms with Gasteiger partial charge in [-0.25, -0.2) is 9.07 Å². The molecule has 0 fully saturated rings. The molecule has 1 atom stereocenters. The maximum absolute atomic E-state index is 13.2. The summed E-state index contributed by atoms with van der Waals surface area (Å²) in [6.45, 7) is 3.63. The highest BCUT2D eigenvalue weighted by atomic mass is 19.1. The van der Waals surface area contributed by atoms with E-state index >= 15 is 0 Å². The summed E-state index contributed by atoms with van der Waals surface area (Å²) in [6.07, 6.45) is -0.833. The summed E-state index contributed by atoms with van der Waals surface area (Å²) in [7, 11) is 3.03. The van der Waals surface area contributed by atoms with Crippen LogP contribution in [0.2, 0.25) is 0 Å². The van der Waals surface area contributed by atoms with Crippen molar-refractivity contribution in [3.63, 3.8) is 0 Å². The predicted molar refractivity (Wildman–Crippen MR) is 121 cm³/mol. The molecule has 0 aliphatic rings. The van der Waals surface area contributed by atoms with Crippen LogP contribution < -0.4 is 19.5 Å². The Bertz CT molecular complexity index is 1080. The number of hydrogen-bond donors (Lipinski definition) is 2. The first-order valence-corrected chi connectivity index (χ1v) is 10.4. The van der Waals surface area contributed by atoms with Crippen LogP contribution in [-0.2, 0) is 11.2 Å². The molecule has 8 nitrogen and oxygen atoms in total. The van der Waals surface area contributed by atoms with E-state index in [1.54, 1.807) is 35.0 Å². The lowest BCUT2D eigenvalue weighted by Gasteiger charge is -2.17. The summed E-state index contributed by atoms with van der Waals surface area (Å²) in [6, 6.07) is 11.2. The number of halogens is 1. The molecule has 0 aliphatic carbocycles. The van der Waals surface area contributed by atoms with Gasteiger partial charge in [-0.1, -0.05) is 6.07 Å². The van der Waals surface area contributed by atoms with Crippen LogP contribution in [0, 0.1) is 19.7 Å². The molecule has 1 aromatic heterocycles. The summed E-state index contributed by atoms with van der Waals surface area (Å²) in [5.74, 6) is 0.761. The number of ether oxygens (including phenoxy) is 3. The second-order valence-corrected chi connectivity index (χ2v) is 7.47. The lowest BCUT2D eigenvalue weighted by atomic mass is 10.1. The van der Waals surface area contributed by atoms with Crippen molar-refractivity contribution in [1.82, 2.24) is 15.1 Å². The van der Waals surface area contributed by atoms with Crippen molar-refractivity contribution in [2.24, 2.45) is 0 Å². The van der Waals surface area contributed by atoms with Crippen LogP contribution in [0.5, 0.6) is 17.2 Å². The van der Waals surface area contributed by atoms with Gasteiger partial charge in [0.1, 0.15) is 18.5 Å². The van der Waals surface area contributed by atoms with Gasteiger partial charge in [0.05, 0.1) is 32.0 Å². The number of nitrogens with zero attached hydrogens (tertiary/aromatic N) is 2. The van der Waals surface area contributed by atoms with Gasteiger partial charge in [-0.3, -0.25) is 4.79 Å². The third-order valence-corrected chi connectivity index (χ3v) is 5.19. The highest BCUT2D eigenvalue weighted by Gasteiger charge is 2.18. The molecule has 1 heterocycles. The first-order valence-electron chi connectivity index (χ1n) is 10.4. The van der Waals surface area contributed by atoms with E-state index in [-0.39, 0.29) is 31.3 Å². The van der Waals surface area contributed by atoms with E-state index in [9.17, 15) is 14.3 Å². The lowest BCUT2D eigenvalue weighted by molar-refractivity contribution is -0.121. The number of aromatic nitrogens is 2. The summed E-state index contributed by atoms with van der Waals surface area (Å²) < 4.78 is 31.1. The molecule has 0 spiro atoms. The van der Waals surface area contributed by atoms with Crippen LogP contribution in [0.3, 0.4) is 0 Å². The minimum atomic E-state index is -0.937. The third kappa shape index (κ3) is 5.81. The SMILES string of the molecule is COc1cccc(OC)c1OCC(O)CNC(=O)Cc1c(C)nn(-c2ccc(F)cc2)c1C. The Balaban J connectivity index is 1.56. The van der Waals surface area contributed by atoms with E-state index in [1.165, 1.54) is 26.4 Å². The molecular formula is C24H28FN3O5. The van der Waals surface area contributed by atoms with Crippen LogP contribution in [0.1, 0.15) is 17.0 Å². The zero-order chi connectivity index (χ0) is 24.0. The Hall–Kier alpha value is -3.59. The van der Waals surface area contributed by atoms with Crippen molar-refractivity contribution in [2.75, 3.05) is 27.4 Å². The molecule has 3 rings (SSSR count). The van der Waals surface area contributed by atoms with E-state index in [4.69, 9.17) is 14.2 Å². The molecular weight excluding hydrogens is 429 g/mol. The van der Waals surface area contributed by atoms with Crippen LogP contribution in [0.15, 0.2) is 42.5 Å². The number of rotatable bonds is 10. The number of hydrogen-bond acceptors (Lipinski definition) is 6. The van der Waals surface area contributed by atoms with Crippen LogP contribution in [-0.4, -0.2) is 54.3 Å². The predicted octanol–water partition coefficient (Wildman–Crippen LogP) is 2.74. The van der Waals surface area contributed by atoms with Crippen molar-refractivity contribution in [1.29, 1.82) is 0 Å². The topological polar surface area (TPSA) is 94.8 Å². The number of nitrogens with one attached hydrogen (secondary N) is 1. The van der Waals surface area contributed by atoms with Crippen molar-refractivity contribution in [3.8, 4) is 22.9 Å². The molecule has 0 saturated heterocycles. The summed E-state index contributed by atoms with van der Waals surface area (Å²) >= 11 is 0. The molecule has 176 valence electrons. The summed E-state index contributed by atoms with van der Waals surface area (Å²) in [5, 5.41) is 17.5. The van der Waals surface area contributed by atoms with Gasteiger partial charge in [-0.15, -0.1) is 0 Å². The number of methoxy groups -OCH3 is 2. The number of para-hydroxylation sites is 1. The Morgan fingerprint density at radius 2 is 1.76 bits per heavy atom. The van der Waals surface area contributed by atoms with Gasteiger partial charge in [0, 0.05) is 17.8 Å². The molecule has 2 N–H and O–H groups in total. The van der Waals surface area contributed by atoms with E-state index < -0.39 is 6.10 Å². The number of aliphatic hydroxyl groups excluding tert-OH is 1. The van der Waals surface area contributed by atoms with Gasteiger partial charge in [-0.05, 0) is 50.2 Å². The van der Waals surface area contributed by atoms with Crippen LogP contribution in [0.25, 0.3) is 5.69 Å². The smallest absolute Gasteiger partial charge is 0.224 e. The molecule has 9 heteroatoms. The van der Waals surface area contributed by atoms with E-state index in [0.717, 1.165) is 11.3 Å². The second kappa shape index (κ2) is 10.8. The Morgan fingerprint density at radius 1 is 1.12 bits per heavy atom. The average Bonchev–Trinajstić information content (AvgIpc) is 3.09. The van der Waals surface area contributed by atoms with Gasteiger partial charge in [-0.2, -0.15) is 5.10 Å². The molecule has 0 aliphatic heterocycles. The molecule has 0 bridgehead atoms. The maximum Gasteiger partial charge on any atom is 0.224 e. The van der Waals surface area contributed by atoms with E-state index in [1.807, 2.05) is 13.8 Å². The second-order valence-electron chi connectivity index (χ2n) is 7.47. The zero-order valence-electron chi connectivity index (χ0n) is 19.1. The molecule has 0 radical (unpaired) electrons. The highest BCUT2D eigenvalue weighted by molar-refractivity contribution is 5.79. The number of benzene rings is 2. The monoisotopic (exact) mass is 457 g/mol. The standard InChI is InChI=1S/C24H28FN3O5/c1-15-20(16(2)28(27-15)18-10-8-17(25)9-11-18)12-23(30)26-13-19(29)14-33-24-21(31-3)6-5-7-22(24)32-4/h5-11,19,29H,12-14H2,1-4H3,(H,26,30). The van der Waals surface area contributed by atoms with Crippen molar-refractivity contribution >= 4 is 5.91 Å². The average molecular weight is 458 g/mol. The maximum atomic E-state index is 13.2. The highest BCUT2D eigenvalue weighted by Crippen LogP contribution is 2.36. The number of aliphatic hydroxyl groups is 1. The Kier molecular flexibility index (Phi) is 7.89. The van der Waals surface area contributed by atoms with Crippen LogP contribution in [0.4, 0.5) is 4.39 Å². The molecule has 3 aromatic rings. The van der Waals surface area contributed by atoms with Gasteiger partial charge in [0.15, 0.2) is 11.5 Å². The van der Waals surface area contributed by atoms with Gasteiger partial charge in [0.2, 0.25) is 11.7 Å². The molecule has 2 aromatic carbocycles. The quantitative estimate of drug-likeness (QED) is 0.486. The van der Waals surface area contributed by atoms with Crippen molar-refractivity contribution < 1.29 is 28.5 Å². The van der Waals surface area contributed by atoms with Crippen LogP contribution >= 0.6 is 0 Å². The first-order chi connectivity index (χ1) is 15.8. The number of aryl methyl sites for hydroxylation is 1. The van der Waals surface area contributed by atoms with Gasteiger partial charge < -0.3 is 24.6 Å². The fourth-order valence-corrected chi connectivity index (χ4v) is 3.42. The summed E-state index contributed by atoms with van der Waals surface area (Å²) in [5.41, 5.74) is 2.99. The largest absolute Gasteiger partial charge is 0.493 e. The normalized spacial score (nSPS) is 11.7. The number of carbonyl (C=O) groups excluding carboxylic acids is 1. The fraction of sp³-hybridized carbons (Fsp3) is 0.333. The molecule has 33 heavy (non-hydrogen) atoms. The van der Waals surface area contributed by atoms with Crippen molar-refractivity contribution in [3.05, 3.63) is 65.2 Å². The summed E-state index contributed by atoms with van der Waals surface area (Å²) in [4.78, 5) is 12.5. The Labute approximate surface area is 191 Å².